The molecule has 0 saturated carbocycles. The van der Waals surface area contributed by atoms with Crippen LogP contribution in [-0.4, -0.2) is 20.4 Å². The van der Waals surface area contributed by atoms with Gasteiger partial charge in [0.2, 0.25) is 10.0 Å². The lowest BCUT2D eigenvalue weighted by Crippen LogP contribution is -2.20. The number of nitrogen functional groups attached to an aromatic ring is 1. The number of hydrogen-bond acceptors (Lipinski definition) is 5. The molecule has 7 heteroatoms. The number of rotatable bonds is 5. The number of anilines is 2. The number of sulfonamides is 1. The Labute approximate surface area is 118 Å². The van der Waals surface area contributed by atoms with Crippen molar-refractivity contribution in [3.8, 4) is 0 Å². The van der Waals surface area contributed by atoms with Crippen molar-refractivity contribution in [1.29, 1.82) is 0 Å². The van der Waals surface area contributed by atoms with Crippen LogP contribution in [0.3, 0.4) is 0 Å². The molecule has 2 aromatic rings. The average molecular weight is 292 g/mol. The van der Waals surface area contributed by atoms with Crippen LogP contribution in [0.2, 0.25) is 0 Å². The van der Waals surface area contributed by atoms with Crippen LogP contribution in [0.1, 0.15) is 5.56 Å². The highest BCUT2D eigenvalue weighted by atomic mass is 32.2. The normalized spacial score (nSPS) is 11.2. The van der Waals surface area contributed by atoms with Crippen molar-refractivity contribution in [2.45, 2.75) is 11.4 Å². The van der Waals surface area contributed by atoms with Crippen LogP contribution >= 0.6 is 0 Å². The zero-order valence-electron chi connectivity index (χ0n) is 11.0. The van der Waals surface area contributed by atoms with Gasteiger partial charge in [0.15, 0.2) is 0 Å². The van der Waals surface area contributed by atoms with Crippen molar-refractivity contribution in [2.24, 2.45) is 0 Å². The van der Waals surface area contributed by atoms with Gasteiger partial charge < -0.3 is 11.1 Å². The fourth-order valence-corrected chi connectivity index (χ4v) is 2.56. The maximum atomic E-state index is 11.7. The van der Waals surface area contributed by atoms with E-state index in [-0.39, 0.29) is 10.6 Å². The zero-order valence-corrected chi connectivity index (χ0v) is 11.8. The molecule has 2 rings (SSSR count). The summed E-state index contributed by atoms with van der Waals surface area (Å²) < 4.78 is 25.6. The minimum Gasteiger partial charge on any atom is -0.398 e. The molecule has 4 N–H and O–H groups in total. The first kappa shape index (κ1) is 14.3. The maximum Gasteiger partial charge on any atom is 0.242 e. The first-order chi connectivity index (χ1) is 9.53. The quantitative estimate of drug-likeness (QED) is 0.719. The third-order valence-electron chi connectivity index (χ3n) is 2.79. The minimum atomic E-state index is -3.53. The van der Waals surface area contributed by atoms with Gasteiger partial charge in [0, 0.05) is 24.6 Å². The number of benzene rings is 1. The highest BCUT2D eigenvalue weighted by molar-refractivity contribution is 7.89. The predicted molar refractivity (Wildman–Crippen MR) is 78.7 cm³/mol. The van der Waals surface area contributed by atoms with Gasteiger partial charge in [-0.3, -0.25) is 4.98 Å². The number of pyridine rings is 1. The van der Waals surface area contributed by atoms with Crippen LogP contribution < -0.4 is 15.8 Å². The van der Waals surface area contributed by atoms with Gasteiger partial charge in [0.05, 0.1) is 5.69 Å². The predicted octanol–water partition coefficient (Wildman–Crippen LogP) is 1.18. The maximum absolute atomic E-state index is 11.7. The van der Waals surface area contributed by atoms with Crippen LogP contribution in [0.4, 0.5) is 11.4 Å². The van der Waals surface area contributed by atoms with E-state index in [9.17, 15) is 8.42 Å². The van der Waals surface area contributed by atoms with Gasteiger partial charge in [-0.05, 0) is 36.9 Å². The van der Waals surface area contributed by atoms with E-state index in [0.29, 0.717) is 6.54 Å². The lowest BCUT2D eigenvalue weighted by Gasteiger charge is -2.10. The summed E-state index contributed by atoms with van der Waals surface area (Å²) in [5, 5.41) is 3.16. The lowest BCUT2D eigenvalue weighted by atomic mass is 10.2. The SMILES string of the molecule is CNS(=O)(=O)c1ccc(NCc2cccnc2)cc1N. The number of hydrogen-bond donors (Lipinski definition) is 3. The largest absolute Gasteiger partial charge is 0.398 e. The Morgan fingerprint density at radius 2 is 2.10 bits per heavy atom. The van der Waals surface area contributed by atoms with Crippen LogP contribution in [0, 0.1) is 0 Å². The van der Waals surface area contributed by atoms with Gasteiger partial charge in [-0.15, -0.1) is 0 Å². The summed E-state index contributed by atoms with van der Waals surface area (Å²) in [5.41, 5.74) is 7.76. The molecule has 20 heavy (non-hydrogen) atoms. The zero-order chi connectivity index (χ0) is 14.6. The molecule has 0 aliphatic rings. The molecule has 0 unspecified atom stereocenters. The van der Waals surface area contributed by atoms with E-state index in [2.05, 4.69) is 15.0 Å². The fraction of sp³-hybridized carbons (Fsp3) is 0.154. The molecular formula is C13H16N4O2S. The lowest BCUT2D eigenvalue weighted by molar-refractivity contribution is 0.588. The van der Waals surface area contributed by atoms with E-state index in [0.717, 1.165) is 11.3 Å². The van der Waals surface area contributed by atoms with Crippen molar-refractivity contribution >= 4 is 21.4 Å². The summed E-state index contributed by atoms with van der Waals surface area (Å²) in [6.07, 6.45) is 3.47. The first-order valence-corrected chi connectivity index (χ1v) is 7.47. The van der Waals surface area contributed by atoms with Crippen LogP contribution in [-0.2, 0) is 16.6 Å². The molecule has 0 fully saturated rings. The standard InChI is InChI=1S/C13H16N4O2S/c1-15-20(18,19)13-5-4-11(7-12(13)14)17-9-10-3-2-6-16-8-10/h2-8,15,17H,9,14H2,1H3. The molecule has 0 saturated heterocycles. The average Bonchev–Trinajstić information content (AvgIpc) is 2.46. The second-order valence-electron chi connectivity index (χ2n) is 4.17. The second-order valence-corrected chi connectivity index (χ2v) is 6.03. The summed E-state index contributed by atoms with van der Waals surface area (Å²) in [6, 6.07) is 8.56. The van der Waals surface area contributed by atoms with E-state index in [1.54, 1.807) is 24.5 Å². The van der Waals surface area contributed by atoms with Crippen LogP contribution in [0.5, 0.6) is 0 Å². The number of aromatic nitrogens is 1. The molecule has 0 aliphatic carbocycles. The van der Waals surface area contributed by atoms with Gasteiger partial charge in [-0.25, -0.2) is 13.1 Å². The Balaban J connectivity index is 2.14. The Bertz CT molecular complexity index is 687. The van der Waals surface area contributed by atoms with Crippen molar-refractivity contribution in [3.63, 3.8) is 0 Å². The summed E-state index contributed by atoms with van der Waals surface area (Å²) in [7, 11) is -2.17. The Hall–Kier alpha value is -2.12. The molecule has 1 heterocycles. The van der Waals surface area contributed by atoms with Crippen molar-refractivity contribution in [3.05, 3.63) is 48.3 Å². The summed E-state index contributed by atoms with van der Waals surface area (Å²) >= 11 is 0. The number of nitrogens with zero attached hydrogens (tertiary/aromatic N) is 1. The van der Waals surface area contributed by atoms with E-state index in [1.807, 2.05) is 12.1 Å². The highest BCUT2D eigenvalue weighted by Gasteiger charge is 2.15. The monoisotopic (exact) mass is 292 g/mol. The van der Waals surface area contributed by atoms with Gasteiger partial charge in [0.25, 0.3) is 0 Å². The molecule has 0 bridgehead atoms. The summed E-state index contributed by atoms with van der Waals surface area (Å²) in [5.74, 6) is 0. The molecular weight excluding hydrogens is 276 g/mol. The molecule has 106 valence electrons. The first-order valence-electron chi connectivity index (χ1n) is 5.99. The summed E-state index contributed by atoms with van der Waals surface area (Å²) in [4.78, 5) is 4.10. The molecule has 0 atom stereocenters. The van der Waals surface area contributed by atoms with Crippen molar-refractivity contribution in [1.82, 2.24) is 9.71 Å². The van der Waals surface area contributed by atoms with E-state index >= 15 is 0 Å². The molecule has 0 radical (unpaired) electrons. The highest BCUT2D eigenvalue weighted by Crippen LogP contribution is 2.22. The van der Waals surface area contributed by atoms with Gasteiger partial charge in [-0.1, -0.05) is 6.07 Å². The number of nitrogens with two attached hydrogens (primary N) is 1. The minimum absolute atomic E-state index is 0.0759. The third kappa shape index (κ3) is 3.25. The molecule has 0 spiro atoms. The fourth-order valence-electron chi connectivity index (χ4n) is 1.72. The Morgan fingerprint density at radius 3 is 2.70 bits per heavy atom. The topological polar surface area (TPSA) is 97.1 Å². The van der Waals surface area contributed by atoms with E-state index in [1.165, 1.54) is 13.1 Å². The van der Waals surface area contributed by atoms with E-state index < -0.39 is 10.0 Å². The molecule has 0 aliphatic heterocycles. The van der Waals surface area contributed by atoms with Crippen molar-refractivity contribution in [2.75, 3.05) is 18.1 Å². The van der Waals surface area contributed by atoms with E-state index in [4.69, 9.17) is 5.73 Å². The van der Waals surface area contributed by atoms with Gasteiger partial charge >= 0.3 is 0 Å². The number of nitrogens with one attached hydrogen (secondary N) is 2. The van der Waals surface area contributed by atoms with Crippen LogP contribution in [0.15, 0.2) is 47.6 Å². The Morgan fingerprint density at radius 1 is 1.30 bits per heavy atom. The second kappa shape index (κ2) is 5.89. The molecule has 1 aromatic heterocycles. The van der Waals surface area contributed by atoms with Gasteiger partial charge in [0.1, 0.15) is 4.90 Å². The molecule has 1 aromatic carbocycles. The summed E-state index contributed by atoms with van der Waals surface area (Å²) in [6.45, 7) is 0.589. The van der Waals surface area contributed by atoms with Crippen molar-refractivity contribution < 1.29 is 8.42 Å². The smallest absolute Gasteiger partial charge is 0.242 e. The van der Waals surface area contributed by atoms with Gasteiger partial charge in [-0.2, -0.15) is 0 Å². The Kier molecular flexibility index (Phi) is 4.21. The third-order valence-corrected chi connectivity index (χ3v) is 4.28. The molecule has 0 amide bonds. The molecule has 6 nitrogen and oxygen atoms in total. The van der Waals surface area contributed by atoms with Crippen LogP contribution in [0.25, 0.3) is 0 Å².